The van der Waals surface area contributed by atoms with Gasteiger partial charge in [0, 0.05) is 0 Å². The Hall–Kier alpha value is -1.75. The van der Waals surface area contributed by atoms with Crippen molar-refractivity contribution in [2.75, 3.05) is 19.7 Å². The van der Waals surface area contributed by atoms with Crippen molar-refractivity contribution in [2.24, 2.45) is 0 Å². The Kier molecular flexibility index (Phi) is 13.7. The van der Waals surface area contributed by atoms with Crippen molar-refractivity contribution in [1.29, 1.82) is 0 Å². The standard InChI is InChI=1S/C27H52N2O8/c1-24(2,3)34-17-19(21(30)31)29-15-13-18(22(32)36-26(7,8)9)28-16-14-20(35-25(4,5)6)23(33)37-27(10,11)12/h18-20,28-29H,13-17H2,1-12H3,(H,30,31). The highest BCUT2D eigenvalue weighted by molar-refractivity contribution is 5.77. The number of esters is 2. The molecule has 0 aliphatic rings. The largest absolute Gasteiger partial charge is 0.480 e. The summed E-state index contributed by atoms with van der Waals surface area (Å²) in [7, 11) is 0. The van der Waals surface area contributed by atoms with Gasteiger partial charge in [-0.3, -0.25) is 9.59 Å². The topological polar surface area (TPSA) is 132 Å². The number of carboxylic acid groups (broad SMARTS) is 1. The fourth-order valence-electron chi connectivity index (χ4n) is 3.04. The van der Waals surface area contributed by atoms with E-state index < -0.39 is 58.5 Å². The minimum Gasteiger partial charge on any atom is -0.480 e. The van der Waals surface area contributed by atoms with Crippen LogP contribution in [0.3, 0.4) is 0 Å². The molecule has 0 aliphatic carbocycles. The lowest BCUT2D eigenvalue weighted by molar-refractivity contribution is -0.177. The van der Waals surface area contributed by atoms with Crippen LogP contribution in [-0.2, 0) is 33.3 Å². The molecule has 0 rings (SSSR count). The second kappa shape index (κ2) is 14.4. The number of aliphatic carboxylic acids is 1. The summed E-state index contributed by atoms with van der Waals surface area (Å²) in [5.74, 6) is -1.97. The fourth-order valence-corrected chi connectivity index (χ4v) is 3.04. The van der Waals surface area contributed by atoms with Gasteiger partial charge in [0.15, 0.2) is 6.10 Å². The van der Waals surface area contributed by atoms with Crippen LogP contribution in [-0.4, -0.2) is 83.3 Å². The van der Waals surface area contributed by atoms with Gasteiger partial charge in [-0.05, 0) is 109 Å². The molecule has 0 radical (unpaired) electrons. The molecule has 0 bridgehead atoms. The van der Waals surface area contributed by atoms with E-state index in [0.717, 1.165) is 0 Å². The average Bonchev–Trinajstić information content (AvgIpc) is 2.63. The second-order valence-corrected chi connectivity index (χ2v) is 13.1. The lowest BCUT2D eigenvalue weighted by atomic mass is 10.1. The highest BCUT2D eigenvalue weighted by atomic mass is 16.6. The van der Waals surface area contributed by atoms with Gasteiger partial charge in [-0.15, -0.1) is 0 Å². The monoisotopic (exact) mass is 532 g/mol. The highest BCUT2D eigenvalue weighted by Crippen LogP contribution is 2.18. The maximum Gasteiger partial charge on any atom is 0.335 e. The van der Waals surface area contributed by atoms with Crippen molar-refractivity contribution in [3.8, 4) is 0 Å². The van der Waals surface area contributed by atoms with E-state index in [1.54, 1.807) is 41.5 Å². The first kappa shape index (κ1) is 35.2. The van der Waals surface area contributed by atoms with E-state index in [-0.39, 0.29) is 32.5 Å². The number of carbonyl (C=O) groups excluding carboxylic acids is 2. The third-order valence-electron chi connectivity index (χ3n) is 4.46. The molecule has 3 unspecified atom stereocenters. The normalized spacial score (nSPS) is 15.6. The van der Waals surface area contributed by atoms with E-state index in [9.17, 15) is 19.5 Å². The molecule has 10 nitrogen and oxygen atoms in total. The quantitative estimate of drug-likeness (QED) is 0.286. The molecule has 3 atom stereocenters. The van der Waals surface area contributed by atoms with E-state index in [0.29, 0.717) is 0 Å². The van der Waals surface area contributed by atoms with Crippen LogP contribution in [0.1, 0.15) is 95.9 Å². The molecule has 0 aliphatic heterocycles. The van der Waals surface area contributed by atoms with Crippen LogP contribution < -0.4 is 10.6 Å². The molecule has 3 N–H and O–H groups in total. The zero-order valence-electron chi connectivity index (χ0n) is 25.1. The summed E-state index contributed by atoms with van der Waals surface area (Å²) < 4.78 is 22.6. The van der Waals surface area contributed by atoms with E-state index >= 15 is 0 Å². The number of nitrogens with one attached hydrogen (secondary N) is 2. The number of hydrogen-bond acceptors (Lipinski definition) is 9. The van der Waals surface area contributed by atoms with Gasteiger partial charge >= 0.3 is 17.9 Å². The molecular weight excluding hydrogens is 480 g/mol. The van der Waals surface area contributed by atoms with Crippen LogP contribution in [0.4, 0.5) is 0 Å². The third kappa shape index (κ3) is 19.0. The van der Waals surface area contributed by atoms with Gasteiger partial charge in [0.05, 0.1) is 17.8 Å². The SMILES string of the molecule is CC(C)(C)OCC(NCCC(NCCC(OC(C)(C)C)C(=O)OC(C)(C)C)C(=O)OC(C)(C)C)C(=O)O. The molecule has 0 fully saturated rings. The van der Waals surface area contributed by atoms with E-state index in [1.165, 1.54) is 0 Å². The molecular formula is C27H52N2O8. The van der Waals surface area contributed by atoms with Crippen LogP contribution in [0, 0.1) is 0 Å². The predicted octanol–water partition coefficient (Wildman–Crippen LogP) is 3.45. The number of carboxylic acids is 1. The summed E-state index contributed by atoms with van der Waals surface area (Å²) in [6.45, 7) is 22.3. The summed E-state index contributed by atoms with van der Waals surface area (Å²) in [4.78, 5) is 37.2. The number of rotatable bonds is 14. The highest BCUT2D eigenvalue weighted by Gasteiger charge is 2.31. The van der Waals surface area contributed by atoms with Gasteiger partial charge in [-0.25, -0.2) is 4.79 Å². The zero-order chi connectivity index (χ0) is 29.2. The minimum atomic E-state index is -1.04. The molecule has 218 valence electrons. The van der Waals surface area contributed by atoms with Crippen molar-refractivity contribution in [3.63, 3.8) is 0 Å². The third-order valence-corrected chi connectivity index (χ3v) is 4.46. The number of ether oxygens (including phenoxy) is 4. The van der Waals surface area contributed by atoms with Gasteiger partial charge in [0.2, 0.25) is 0 Å². The van der Waals surface area contributed by atoms with E-state index in [4.69, 9.17) is 18.9 Å². The lowest BCUT2D eigenvalue weighted by Crippen LogP contribution is -2.47. The first-order valence-corrected chi connectivity index (χ1v) is 13.0. The summed E-state index contributed by atoms with van der Waals surface area (Å²) >= 11 is 0. The van der Waals surface area contributed by atoms with Crippen molar-refractivity contribution in [3.05, 3.63) is 0 Å². The first-order chi connectivity index (χ1) is 16.5. The van der Waals surface area contributed by atoms with Gasteiger partial charge < -0.3 is 34.7 Å². The number of hydrogen-bond donors (Lipinski definition) is 3. The second-order valence-electron chi connectivity index (χ2n) is 13.1. The molecule has 0 aromatic carbocycles. The maximum absolute atomic E-state index is 12.9. The molecule has 0 saturated heterocycles. The van der Waals surface area contributed by atoms with Gasteiger partial charge in [0.25, 0.3) is 0 Å². The Morgan fingerprint density at radius 1 is 0.649 bits per heavy atom. The van der Waals surface area contributed by atoms with Crippen molar-refractivity contribution in [2.45, 2.75) is 137 Å². The summed E-state index contributed by atoms with van der Waals surface area (Å²) in [5, 5.41) is 15.6. The summed E-state index contributed by atoms with van der Waals surface area (Å²) in [5.41, 5.74) is -2.40. The fraction of sp³-hybridized carbons (Fsp3) is 0.889. The van der Waals surface area contributed by atoms with Crippen LogP contribution in [0.2, 0.25) is 0 Å². The Bertz CT molecular complexity index is 727. The van der Waals surface area contributed by atoms with Crippen LogP contribution in [0.5, 0.6) is 0 Å². The maximum atomic E-state index is 12.9. The molecule has 37 heavy (non-hydrogen) atoms. The Morgan fingerprint density at radius 2 is 1.11 bits per heavy atom. The predicted molar refractivity (Wildman–Crippen MR) is 142 cm³/mol. The molecule has 0 saturated carbocycles. The smallest absolute Gasteiger partial charge is 0.335 e. The van der Waals surface area contributed by atoms with E-state index in [1.807, 2.05) is 41.5 Å². The van der Waals surface area contributed by atoms with Gasteiger partial charge in [-0.2, -0.15) is 0 Å². The molecule has 0 aromatic rings. The van der Waals surface area contributed by atoms with E-state index in [2.05, 4.69) is 10.6 Å². The Morgan fingerprint density at radius 3 is 1.54 bits per heavy atom. The van der Waals surface area contributed by atoms with Crippen LogP contribution in [0.15, 0.2) is 0 Å². The molecule has 0 heterocycles. The van der Waals surface area contributed by atoms with Crippen molar-refractivity contribution >= 4 is 17.9 Å². The van der Waals surface area contributed by atoms with Crippen molar-refractivity contribution in [1.82, 2.24) is 10.6 Å². The van der Waals surface area contributed by atoms with Gasteiger partial charge in [0.1, 0.15) is 23.3 Å². The van der Waals surface area contributed by atoms with Crippen LogP contribution in [0.25, 0.3) is 0 Å². The number of carbonyl (C=O) groups is 3. The average molecular weight is 533 g/mol. The van der Waals surface area contributed by atoms with Crippen molar-refractivity contribution < 1.29 is 38.4 Å². The summed E-state index contributed by atoms with van der Waals surface area (Å²) in [6.07, 6.45) is -0.281. The summed E-state index contributed by atoms with van der Waals surface area (Å²) in [6, 6.07) is -1.64. The molecule has 0 spiro atoms. The lowest BCUT2D eigenvalue weighted by Gasteiger charge is -2.30. The molecule has 0 aromatic heterocycles. The Balaban J connectivity index is 5.31. The van der Waals surface area contributed by atoms with Crippen LogP contribution >= 0.6 is 0 Å². The molecule has 0 amide bonds. The zero-order valence-corrected chi connectivity index (χ0v) is 25.1. The first-order valence-electron chi connectivity index (χ1n) is 13.0. The van der Waals surface area contributed by atoms with Gasteiger partial charge in [-0.1, -0.05) is 0 Å². The minimum absolute atomic E-state index is 0.00885. The molecule has 10 heteroatoms. The Labute approximate surface area is 223 Å².